The van der Waals surface area contributed by atoms with Gasteiger partial charge in [-0.15, -0.1) is 0 Å². The van der Waals surface area contributed by atoms with Crippen LogP contribution in [0.3, 0.4) is 0 Å². The number of thioether (sulfide) groups is 1. The molecule has 136 valence electrons. The summed E-state index contributed by atoms with van der Waals surface area (Å²) >= 11 is 1.39. The molecule has 1 saturated heterocycles. The topological polar surface area (TPSA) is 66.4 Å². The number of carbonyl (C=O) groups is 2. The number of carbonyl (C=O) groups excluding carboxylic acids is 2. The van der Waals surface area contributed by atoms with Crippen molar-refractivity contribution in [1.29, 1.82) is 0 Å². The number of hydrogen-bond acceptors (Lipinski definition) is 5. The first kappa shape index (κ1) is 18.2. The zero-order valence-electron chi connectivity index (χ0n) is 15.4. The number of fused-ring (bicyclic) bond motifs is 1. The average Bonchev–Trinajstić information content (AvgIpc) is 2.94. The number of piperidine rings is 1. The molecule has 1 aliphatic carbocycles. The van der Waals surface area contributed by atoms with Crippen LogP contribution in [0.2, 0.25) is 0 Å². The van der Waals surface area contributed by atoms with Crippen LogP contribution in [-0.4, -0.2) is 64.0 Å². The Hall–Kier alpha value is -1.63. The summed E-state index contributed by atoms with van der Waals surface area (Å²) in [6.07, 6.45) is 2.57. The van der Waals surface area contributed by atoms with Gasteiger partial charge >= 0.3 is 0 Å². The van der Waals surface area contributed by atoms with Gasteiger partial charge in [-0.05, 0) is 44.6 Å². The van der Waals surface area contributed by atoms with Crippen LogP contribution in [-0.2, 0) is 9.59 Å². The minimum atomic E-state index is 0.107. The Labute approximate surface area is 153 Å². The number of aromatic nitrogens is 2. The van der Waals surface area contributed by atoms with Crippen LogP contribution in [0.5, 0.6) is 0 Å². The van der Waals surface area contributed by atoms with E-state index in [-0.39, 0.29) is 17.9 Å². The Balaban J connectivity index is 1.55. The van der Waals surface area contributed by atoms with Gasteiger partial charge in [0.2, 0.25) is 11.8 Å². The van der Waals surface area contributed by atoms with Crippen LogP contribution in [0.1, 0.15) is 30.7 Å². The molecule has 2 aliphatic rings. The van der Waals surface area contributed by atoms with Gasteiger partial charge in [0.1, 0.15) is 0 Å². The quantitative estimate of drug-likeness (QED) is 0.605. The van der Waals surface area contributed by atoms with Crippen molar-refractivity contribution in [2.45, 2.75) is 44.3 Å². The second-order valence-corrected chi connectivity index (χ2v) is 8.29. The molecule has 3 rings (SSSR count). The highest BCUT2D eigenvalue weighted by atomic mass is 32.2. The molecule has 0 radical (unpaired) electrons. The first-order chi connectivity index (χ1) is 11.8. The minimum Gasteiger partial charge on any atom is -0.345 e. The highest BCUT2D eigenvalue weighted by Gasteiger charge is 2.42. The molecule has 2 fully saturated rings. The molecule has 0 spiro atoms. The van der Waals surface area contributed by atoms with Crippen molar-refractivity contribution in [2.75, 3.05) is 26.4 Å². The lowest BCUT2D eigenvalue weighted by molar-refractivity contribution is -0.135. The van der Waals surface area contributed by atoms with Crippen LogP contribution in [0, 0.1) is 25.7 Å². The third kappa shape index (κ3) is 4.14. The highest BCUT2D eigenvalue weighted by Crippen LogP contribution is 2.40. The third-order valence-electron chi connectivity index (χ3n) is 5.41. The fourth-order valence-electron chi connectivity index (χ4n) is 3.99. The van der Waals surface area contributed by atoms with Crippen LogP contribution in [0.4, 0.5) is 0 Å². The van der Waals surface area contributed by atoms with Crippen molar-refractivity contribution in [3.05, 3.63) is 17.5 Å². The molecule has 2 amide bonds. The van der Waals surface area contributed by atoms with Crippen molar-refractivity contribution in [2.24, 2.45) is 11.8 Å². The summed E-state index contributed by atoms with van der Waals surface area (Å²) in [5.41, 5.74) is 1.84. The predicted molar refractivity (Wildman–Crippen MR) is 97.3 cm³/mol. The largest absolute Gasteiger partial charge is 0.345 e. The molecule has 6 nitrogen and oxygen atoms in total. The maximum Gasteiger partial charge on any atom is 0.233 e. The summed E-state index contributed by atoms with van der Waals surface area (Å²) in [6, 6.07) is 2.17. The summed E-state index contributed by atoms with van der Waals surface area (Å²) in [7, 11) is 3.76. The maximum absolute atomic E-state index is 12.6. The second-order valence-electron chi connectivity index (χ2n) is 7.35. The molecule has 3 atom stereocenters. The van der Waals surface area contributed by atoms with Gasteiger partial charge in [-0.25, -0.2) is 9.97 Å². The van der Waals surface area contributed by atoms with Crippen LogP contribution >= 0.6 is 11.8 Å². The van der Waals surface area contributed by atoms with Crippen LogP contribution < -0.4 is 0 Å². The van der Waals surface area contributed by atoms with Crippen LogP contribution in [0.15, 0.2) is 11.2 Å². The lowest BCUT2D eigenvalue weighted by Gasteiger charge is -2.31. The highest BCUT2D eigenvalue weighted by molar-refractivity contribution is 7.99. The fraction of sp³-hybridized carbons (Fsp3) is 0.667. The molecule has 0 bridgehead atoms. The number of aryl methyl sites for hydroxylation is 2. The molecule has 0 N–H and O–H groups in total. The number of nitrogens with zero attached hydrogens (tertiary/aromatic N) is 4. The van der Waals surface area contributed by atoms with E-state index in [1.807, 2.05) is 43.8 Å². The summed E-state index contributed by atoms with van der Waals surface area (Å²) in [4.78, 5) is 36.9. The lowest BCUT2D eigenvalue weighted by Crippen LogP contribution is -2.40. The maximum atomic E-state index is 12.6. The zero-order chi connectivity index (χ0) is 18.1. The van der Waals surface area contributed by atoms with E-state index in [1.54, 1.807) is 0 Å². The van der Waals surface area contributed by atoms with Crippen LogP contribution in [0.25, 0.3) is 0 Å². The normalized spacial score (nSPS) is 25.8. The predicted octanol–water partition coefficient (Wildman–Crippen LogP) is 1.90. The number of hydrogen-bond donors (Lipinski definition) is 0. The smallest absolute Gasteiger partial charge is 0.233 e. The monoisotopic (exact) mass is 362 g/mol. The van der Waals surface area contributed by atoms with E-state index in [0.717, 1.165) is 30.8 Å². The van der Waals surface area contributed by atoms with Crippen molar-refractivity contribution >= 4 is 23.6 Å². The Bertz CT molecular complexity index is 661. The van der Waals surface area contributed by atoms with Gasteiger partial charge in [-0.2, -0.15) is 0 Å². The SMILES string of the molecule is Cc1cc(C)nc(SCC(=O)N(C)[C@@H]2C[C@@H]3CC(=O)N(C)C[C@@H]3C2)n1. The van der Waals surface area contributed by atoms with Crippen molar-refractivity contribution in [1.82, 2.24) is 19.8 Å². The molecule has 1 aliphatic heterocycles. The summed E-state index contributed by atoms with van der Waals surface area (Å²) in [5, 5.41) is 0.659. The third-order valence-corrected chi connectivity index (χ3v) is 6.25. The second kappa shape index (κ2) is 7.32. The van der Waals surface area contributed by atoms with Gasteiger partial charge in [-0.1, -0.05) is 11.8 Å². The summed E-state index contributed by atoms with van der Waals surface area (Å²) in [5.74, 6) is 1.65. The first-order valence-electron chi connectivity index (χ1n) is 8.78. The minimum absolute atomic E-state index is 0.107. The van der Waals surface area contributed by atoms with E-state index in [1.165, 1.54) is 11.8 Å². The molecule has 0 unspecified atom stereocenters. The number of rotatable bonds is 4. The lowest BCUT2D eigenvalue weighted by atomic mass is 9.88. The van der Waals surface area contributed by atoms with Gasteiger partial charge < -0.3 is 9.80 Å². The van der Waals surface area contributed by atoms with E-state index in [9.17, 15) is 9.59 Å². The first-order valence-corrected chi connectivity index (χ1v) is 9.76. The summed E-state index contributed by atoms with van der Waals surface area (Å²) in [6.45, 7) is 4.70. The fourth-order valence-corrected chi connectivity index (χ4v) is 4.87. The van der Waals surface area contributed by atoms with Gasteiger partial charge in [0.15, 0.2) is 5.16 Å². The van der Waals surface area contributed by atoms with Gasteiger partial charge in [0.25, 0.3) is 0 Å². The molecule has 2 heterocycles. The molecular formula is C18H26N4O2S. The molecule has 0 aromatic carbocycles. The molecule has 1 aromatic rings. The number of likely N-dealkylation sites (tertiary alicyclic amines) is 1. The Morgan fingerprint density at radius 2 is 1.92 bits per heavy atom. The van der Waals surface area contributed by atoms with E-state index in [2.05, 4.69) is 9.97 Å². The average molecular weight is 362 g/mol. The standard InChI is InChI=1S/C18H26N4O2S/c1-11-5-12(2)20-18(19-11)25-10-17(24)22(4)15-6-13-8-16(23)21(3)9-14(13)7-15/h5,13-15H,6-10H2,1-4H3/t13-,14+,15-/m1/s1. The van der Waals surface area contributed by atoms with Gasteiger partial charge in [0.05, 0.1) is 5.75 Å². The molecule has 1 saturated carbocycles. The van der Waals surface area contributed by atoms with Gasteiger partial charge in [-0.3, -0.25) is 9.59 Å². The van der Waals surface area contributed by atoms with E-state index < -0.39 is 0 Å². The van der Waals surface area contributed by atoms with E-state index >= 15 is 0 Å². The summed E-state index contributed by atoms with van der Waals surface area (Å²) < 4.78 is 0. The van der Waals surface area contributed by atoms with Gasteiger partial charge in [0, 0.05) is 44.5 Å². The molecule has 7 heteroatoms. The van der Waals surface area contributed by atoms with Crippen molar-refractivity contribution < 1.29 is 9.59 Å². The molecular weight excluding hydrogens is 336 g/mol. The molecule has 1 aromatic heterocycles. The van der Waals surface area contributed by atoms with Crippen molar-refractivity contribution in [3.63, 3.8) is 0 Å². The molecule has 25 heavy (non-hydrogen) atoms. The Morgan fingerprint density at radius 1 is 1.28 bits per heavy atom. The van der Waals surface area contributed by atoms with E-state index in [0.29, 0.717) is 29.2 Å². The van der Waals surface area contributed by atoms with E-state index in [4.69, 9.17) is 0 Å². The zero-order valence-corrected chi connectivity index (χ0v) is 16.2. The Morgan fingerprint density at radius 3 is 2.60 bits per heavy atom. The van der Waals surface area contributed by atoms with Crippen molar-refractivity contribution in [3.8, 4) is 0 Å². The Kier molecular flexibility index (Phi) is 5.32. The number of amides is 2.